The Kier molecular flexibility index (Phi) is 4.91. The molecular formula is C10H19NO5S. The standard InChI is InChI=1S/C10H19NO5S/c1-10(2,3)16-9(12)11-8-4-7(5-8)6-15-17(13)14/h7-8H,4-6H2,1-3H3,(H,11,12)(H,13,14). The maximum Gasteiger partial charge on any atom is 0.407 e. The zero-order chi connectivity index (χ0) is 13.1. The van der Waals surface area contributed by atoms with E-state index in [0.717, 1.165) is 12.8 Å². The Bertz CT molecular complexity index is 296. The lowest BCUT2D eigenvalue weighted by Gasteiger charge is -2.35. The molecule has 0 bridgehead atoms. The van der Waals surface area contributed by atoms with Gasteiger partial charge in [-0.25, -0.2) is 4.79 Å². The minimum absolute atomic E-state index is 0.0746. The van der Waals surface area contributed by atoms with E-state index in [1.165, 1.54) is 0 Å². The lowest BCUT2D eigenvalue weighted by atomic mass is 9.81. The quantitative estimate of drug-likeness (QED) is 0.751. The zero-order valence-corrected chi connectivity index (χ0v) is 11.1. The van der Waals surface area contributed by atoms with Crippen molar-refractivity contribution in [3.63, 3.8) is 0 Å². The van der Waals surface area contributed by atoms with Gasteiger partial charge in [-0.1, -0.05) is 0 Å². The number of alkyl carbamates (subject to hydrolysis) is 1. The van der Waals surface area contributed by atoms with Gasteiger partial charge in [-0.05, 0) is 39.5 Å². The number of ether oxygens (including phenoxy) is 1. The summed E-state index contributed by atoms with van der Waals surface area (Å²) in [5, 5.41) is 2.74. The van der Waals surface area contributed by atoms with Crippen LogP contribution in [-0.2, 0) is 20.3 Å². The molecule has 1 unspecified atom stereocenters. The van der Waals surface area contributed by atoms with Gasteiger partial charge in [0.25, 0.3) is 0 Å². The smallest absolute Gasteiger partial charge is 0.407 e. The molecule has 0 radical (unpaired) electrons. The maximum absolute atomic E-state index is 11.4. The molecule has 1 aliphatic carbocycles. The predicted molar refractivity (Wildman–Crippen MR) is 62.6 cm³/mol. The normalized spacial score (nSPS) is 25.9. The van der Waals surface area contributed by atoms with Crippen molar-refractivity contribution in [1.29, 1.82) is 0 Å². The van der Waals surface area contributed by atoms with E-state index < -0.39 is 23.1 Å². The molecule has 2 N–H and O–H groups in total. The summed E-state index contributed by atoms with van der Waals surface area (Å²) in [6.07, 6.45) is 1.07. The van der Waals surface area contributed by atoms with Gasteiger partial charge in [-0.15, -0.1) is 0 Å². The number of carbonyl (C=O) groups excluding carboxylic acids is 1. The van der Waals surface area contributed by atoms with Crippen molar-refractivity contribution in [2.75, 3.05) is 6.61 Å². The lowest BCUT2D eigenvalue weighted by molar-refractivity contribution is 0.0428. The molecule has 100 valence electrons. The molecule has 0 spiro atoms. The molecule has 6 nitrogen and oxygen atoms in total. The Hall–Kier alpha value is -0.660. The number of carbonyl (C=O) groups is 1. The summed E-state index contributed by atoms with van der Waals surface area (Å²) < 4.78 is 28.4. The Balaban J connectivity index is 2.13. The Morgan fingerprint density at radius 1 is 1.47 bits per heavy atom. The molecule has 0 aromatic heterocycles. The second-order valence-electron chi connectivity index (χ2n) is 5.18. The summed E-state index contributed by atoms with van der Waals surface area (Å²) in [6, 6.07) is 0.0746. The van der Waals surface area contributed by atoms with Crippen LogP contribution in [0.15, 0.2) is 0 Å². The first-order chi connectivity index (χ1) is 7.76. The van der Waals surface area contributed by atoms with Gasteiger partial charge in [0.2, 0.25) is 0 Å². The van der Waals surface area contributed by atoms with Crippen LogP contribution in [-0.4, -0.2) is 33.1 Å². The first-order valence-electron chi connectivity index (χ1n) is 5.50. The first kappa shape index (κ1) is 14.4. The van der Waals surface area contributed by atoms with Crippen LogP contribution in [0.4, 0.5) is 4.79 Å². The van der Waals surface area contributed by atoms with E-state index in [1.54, 1.807) is 20.8 Å². The molecular weight excluding hydrogens is 246 g/mol. The monoisotopic (exact) mass is 265 g/mol. The minimum atomic E-state index is -2.20. The third-order valence-corrected chi connectivity index (χ3v) is 2.70. The predicted octanol–water partition coefficient (Wildman–Crippen LogP) is 1.44. The van der Waals surface area contributed by atoms with Gasteiger partial charge in [0.1, 0.15) is 5.60 Å². The van der Waals surface area contributed by atoms with Crippen LogP contribution >= 0.6 is 0 Å². The van der Waals surface area contributed by atoms with Crippen molar-refractivity contribution in [2.24, 2.45) is 5.92 Å². The third-order valence-electron chi connectivity index (χ3n) is 2.36. The molecule has 0 saturated heterocycles. The van der Waals surface area contributed by atoms with Crippen molar-refractivity contribution < 1.29 is 22.5 Å². The van der Waals surface area contributed by atoms with Gasteiger partial charge in [-0.3, -0.25) is 8.74 Å². The van der Waals surface area contributed by atoms with Crippen molar-refractivity contribution >= 4 is 17.5 Å². The van der Waals surface area contributed by atoms with Crippen molar-refractivity contribution in [3.8, 4) is 0 Å². The highest BCUT2D eigenvalue weighted by Gasteiger charge is 2.32. The first-order valence-corrected chi connectivity index (χ1v) is 6.53. The fraction of sp³-hybridized carbons (Fsp3) is 0.900. The van der Waals surface area contributed by atoms with Gasteiger partial charge in [0, 0.05) is 6.04 Å². The number of amides is 1. The van der Waals surface area contributed by atoms with Gasteiger partial charge in [-0.2, -0.15) is 4.21 Å². The molecule has 1 atom stereocenters. The maximum atomic E-state index is 11.4. The highest BCUT2D eigenvalue weighted by Crippen LogP contribution is 2.28. The summed E-state index contributed by atoms with van der Waals surface area (Å²) in [4.78, 5) is 11.4. The molecule has 1 fully saturated rings. The van der Waals surface area contributed by atoms with Crippen LogP contribution in [0.3, 0.4) is 0 Å². The van der Waals surface area contributed by atoms with E-state index in [-0.39, 0.29) is 18.6 Å². The highest BCUT2D eigenvalue weighted by molar-refractivity contribution is 7.74. The van der Waals surface area contributed by atoms with E-state index in [9.17, 15) is 9.00 Å². The third kappa shape index (κ3) is 5.99. The van der Waals surface area contributed by atoms with Gasteiger partial charge >= 0.3 is 17.5 Å². The highest BCUT2D eigenvalue weighted by atomic mass is 32.2. The van der Waals surface area contributed by atoms with Crippen LogP contribution in [0.5, 0.6) is 0 Å². The summed E-state index contributed by atoms with van der Waals surface area (Å²) in [5.74, 6) is 0.228. The van der Waals surface area contributed by atoms with E-state index in [4.69, 9.17) is 9.29 Å². The summed E-state index contributed by atoms with van der Waals surface area (Å²) in [5.41, 5.74) is -0.496. The topological polar surface area (TPSA) is 84.9 Å². The molecule has 0 heterocycles. The van der Waals surface area contributed by atoms with Gasteiger partial charge < -0.3 is 10.1 Å². The molecule has 0 aliphatic heterocycles. The molecule has 1 amide bonds. The number of hydrogen-bond donors (Lipinski definition) is 2. The average molecular weight is 265 g/mol. The molecule has 0 aromatic carbocycles. The molecule has 1 rings (SSSR count). The van der Waals surface area contributed by atoms with Crippen molar-refractivity contribution in [3.05, 3.63) is 0 Å². The molecule has 1 aliphatic rings. The molecule has 0 aromatic rings. The second-order valence-corrected chi connectivity index (χ2v) is 5.85. The van der Waals surface area contributed by atoms with E-state index in [2.05, 4.69) is 9.50 Å². The van der Waals surface area contributed by atoms with Crippen LogP contribution in [0.2, 0.25) is 0 Å². The van der Waals surface area contributed by atoms with Crippen LogP contribution < -0.4 is 5.32 Å². The Labute approximate surface area is 104 Å². The van der Waals surface area contributed by atoms with E-state index in [1.807, 2.05) is 0 Å². The van der Waals surface area contributed by atoms with Crippen LogP contribution in [0.25, 0.3) is 0 Å². The molecule has 7 heteroatoms. The lowest BCUT2D eigenvalue weighted by Crippen LogP contribution is -2.47. The zero-order valence-electron chi connectivity index (χ0n) is 10.3. The Morgan fingerprint density at radius 3 is 2.53 bits per heavy atom. The van der Waals surface area contributed by atoms with E-state index in [0.29, 0.717) is 0 Å². The number of nitrogens with one attached hydrogen (secondary N) is 1. The van der Waals surface area contributed by atoms with Gasteiger partial charge in [0.15, 0.2) is 0 Å². The van der Waals surface area contributed by atoms with Gasteiger partial charge in [0.05, 0.1) is 6.61 Å². The largest absolute Gasteiger partial charge is 0.444 e. The minimum Gasteiger partial charge on any atom is -0.444 e. The summed E-state index contributed by atoms with van der Waals surface area (Å²) in [6.45, 7) is 5.66. The van der Waals surface area contributed by atoms with Crippen LogP contribution in [0.1, 0.15) is 33.6 Å². The average Bonchev–Trinajstić information content (AvgIpc) is 2.04. The Morgan fingerprint density at radius 2 is 2.06 bits per heavy atom. The number of hydrogen-bond acceptors (Lipinski definition) is 4. The second kappa shape index (κ2) is 5.79. The molecule has 1 saturated carbocycles. The fourth-order valence-electron chi connectivity index (χ4n) is 1.62. The SMILES string of the molecule is CC(C)(C)OC(=O)NC1CC(COS(=O)O)C1. The van der Waals surface area contributed by atoms with Crippen LogP contribution in [0, 0.1) is 5.92 Å². The molecule has 17 heavy (non-hydrogen) atoms. The summed E-state index contributed by atoms with van der Waals surface area (Å²) >= 11 is -2.20. The van der Waals surface area contributed by atoms with E-state index >= 15 is 0 Å². The van der Waals surface area contributed by atoms with Crippen molar-refractivity contribution in [1.82, 2.24) is 5.32 Å². The number of rotatable bonds is 4. The fourth-order valence-corrected chi connectivity index (χ4v) is 1.93. The summed E-state index contributed by atoms with van der Waals surface area (Å²) in [7, 11) is 0. The van der Waals surface area contributed by atoms with Crippen molar-refractivity contribution in [2.45, 2.75) is 45.3 Å².